The molecule has 0 aromatic heterocycles. The zero-order valence-corrected chi connectivity index (χ0v) is 10.5. The van der Waals surface area contributed by atoms with Gasteiger partial charge in [-0.05, 0) is 24.9 Å². The summed E-state index contributed by atoms with van der Waals surface area (Å²) >= 11 is 0. The lowest BCUT2D eigenvalue weighted by Gasteiger charge is -2.31. The molecule has 1 saturated heterocycles. The Morgan fingerprint density at radius 1 is 1.29 bits per heavy atom. The average molecular weight is 193 g/mol. The van der Waals surface area contributed by atoms with Gasteiger partial charge >= 0.3 is 0 Å². The highest BCUT2D eigenvalue weighted by Gasteiger charge is 2.28. The maximum Gasteiger partial charge on any atom is -0.00539 e. The highest BCUT2D eigenvalue weighted by atomic mass is 14.3. The van der Waals surface area contributed by atoms with Crippen molar-refractivity contribution in [3.05, 3.63) is 12.2 Å². The van der Waals surface area contributed by atoms with Crippen molar-refractivity contribution >= 4 is 6.15 Å². The third-order valence-electron chi connectivity index (χ3n) is 4.02. The van der Waals surface area contributed by atoms with E-state index in [9.17, 15) is 0 Å². The first kappa shape index (κ1) is 11.9. The van der Waals surface area contributed by atoms with E-state index in [1.165, 1.54) is 43.9 Å². The summed E-state index contributed by atoms with van der Waals surface area (Å²) in [5.74, 6) is 0. The summed E-state index contributed by atoms with van der Waals surface area (Å²) in [6.45, 7) is 13.7. The minimum Gasteiger partial charge on any atom is -0.190 e. The van der Waals surface area contributed by atoms with E-state index in [-0.39, 0.29) is 6.15 Å². The fourth-order valence-corrected chi connectivity index (χ4v) is 3.00. The van der Waals surface area contributed by atoms with E-state index in [0.29, 0.717) is 5.41 Å². The first-order valence-electron chi connectivity index (χ1n) is 6.24. The fraction of sp³-hybridized carbons (Fsp3) is 0.846. The molecule has 1 heteroatoms. The molecule has 0 spiro atoms. The Hall–Kier alpha value is -0.195. The number of hydrogen-bond donors (Lipinski definition) is 0. The molecule has 0 aromatic carbocycles. The molecule has 1 rings (SSSR count). The zero-order chi connectivity index (χ0) is 10.8. The van der Waals surface area contributed by atoms with Gasteiger partial charge in [-0.15, -0.1) is 6.58 Å². The number of hydrogen-bond acceptors (Lipinski definition) is 0. The molecule has 82 valence electrons. The van der Waals surface area contributed by atoms with Gasteiger partial charge in [-0.2, -0.15) is 26.3 Å². The van der Waals surface area contributed by atoms with Crippen molar-refractivity contribution in [1.29, 1.82) is 0 Å². The van der Waals surface area contributed by atoms with Gasteiger partial charge in [0.05, 0.1) is 0 Å². The predicted octanol–water partition coefficient (Wildman–Crippen LogP) is 4.85. The van der Waals surface area contributed by atoms with Crippen LogP contribution in [-0.2, 0) is 0 Å². The Balaban J connectivity index is 2.60. The van der Waals surface area contributed by atoms with Crippen molar-refractivity contribution < 1.29 is 0 Å². The van der Waals surface area contributed by atoms with Crippen molar-refractivity contribution in [2.75, 3.05) is 0 Å². The smallest absolute Gasteiger partial charge is 0.00539 e. The molecular formula is C13H26B-. The van der Waals surface area contributed by atoms with E-state index in [1.54, 1.807) is 0 Å². The first-order valence-corrected chi connectivity index (χ1v) is 6.24. The van der Waals surface area contributed by atoms with Crippen LogP contribution in [0.25, 0.3) is 0 Å². The van der Waals surface area contributed by atoms with Gasteiger partial charge in [0.2, 0.25) is 0 Å². The van der Waals surface area contributed by atoms with Gasteiger partial charge in [0.25, 0.3) is 0 Å². The standard InChI is InChI=1S/C13H26B/c1-12(2)11-13(3)7-6-9-14(4,5)10-8-13/h1,6-11H2,2-5H3/q-1. The molecular weight excluding hydrogens is 167 g/mol. The molecule has 0 nitrogen and oxygen atoms in total. The SMILES string of the molecule is C=C(C)CC1(C)CCC[B-](C)(C)CC1. The third-order valence-corrected chi connectivity index (χ3v) is 4.02. The average Bonchev–Trinajstić information content (AvgIpc) is 2.10. The molecule has 1 unspecified atom stereocenters. The van der Waals surface area contributed by atoms with Gasteiger partial charge < -0.3 is 0 Å². The van der Waals surface area contributed by atoms with E-state index in [1.807, 2.05) is 0 Å². The van der Waals surface area contributed by atoms with Gasteiger partial charge in [0, 0.05) is 0 Å². The quantitative estimate of drug-likeness (QED) is 0.434. The summed E-state index contributed by atoms with van der Waals surface area (Å²) in [7, 11) is 0. The molecule has 0 radical (unpaired) electrons. The summed E-state index contributed by atoms with van der Waals surface area (Å²) in [5.41, 5.74) is 1.92. The molecule has 1 fully saturated rings. The van der Waals surface area contributed by atoms with Crippen molar-refractivity contribution in [1.82, 2.24) is 0 Å². The normalized spacial score (nSPS) is 32.3. The Labute approximate surface area is 90.1 Å². The monoisotopic (exact) mass is 193 g/mol. The zero-order valence-electron chi connectivity index (χ0n) is 10.5. The molecule has 1 atom stereocenters. The van der Waals surface area contributed by atoms with Crippen molar-refractivity contribution in [2.24, 2.45) is 5.41 Å². The van der Waals surface area contributed by atoms with Crippen LogP contribution >= 0.6 is 0 Å². The maximum atomic E-state index is 4.07. The van der Waals surface area contributed by atoms with E-state index in [0.717, 1.165) is 0 Å². The fourth-order valence-electron chi connectivity index (χ4n) is 3.00. The molecule has 14 heavy (non-hydrogen) atoms. The Kier molecular flexibility index (Phi) is 3.50. The van der Waals surface area contributed by atoms with Gasteiger partial charge in [0.1, 0.15) is 0 Å². The molecule has 0 bridgehead atoms. The second kappa shape index (κ2) is 4.12. The predicted molar refractivity (Wildman–Crippen MR) is 68.5 cm³/mol. The topological polar surface area (TPSA) is 0 Å². The van der Waals surface area contributed by atoms with Crippen LogP contribution in [-0.4, -0.2) is 6.15 Å². The summed E-state index contributed by atoms with van der Waals surface area (Å²) in [6, 6.07) is 0. The summed E-state index contributed by atoms with van der Waals surface area (Å²) in [5, 5.41) is 0. The molecule has 1 aliphatic rings. The van der Waals surface area contributed by atoms with Crippen LogP contribution in [0.3, 0.4) is 0 Å². The third kappa shape index (κ3) is 3.51. The Morgan fingerprint density at radius 2 is 1.93 bits per heavy atom. The van der Waals surface area contributed by atoms with Crippen LogP contribution < -0.4 is 0 Å². The van der Waals surface area contributed by atoms with Crippen LogP contribution in [0.5, 0.6) is 0 Å². The second-order valence-corrected chi connectivity index (χ2v) is 6.87. The Morgan fingerprint density at radius 3 is 2.50 bits per heavy atom. The van der Waals surface area contributed by atoms with Crippen LogP contribution in [0, 0.1) is 5.41 Å². The second-order valence-electron chi connectivity index (χ2n) is 6.87. The lowest BCUT2D eigenvalue weighted by Crippen LogP contribution is -2.24. The minimum atomic E-state index is -0.0477. The van der Waals surface area contributed by atoms with E-state index >= 15 is 0 Å². The number of rotatable bonds is 2. The highest BCUT2D eigenvalue weighted by Crippen LogP contribution is 2.42. The van der Waals surface area contributed by atoms with Gasteiger partial charge in [0.15, 0.2) is 0 Å². The van der Waals surface area contributed by atoms with Gasteiger partial charge in [-0.25, -0.2) is 0 Å². The molecule has 1 aliphatic heterocycles. The van der Waals surface area contributed by atoms with E-state index in [2.05, 4.69) is 34.1 Å². The van der Waals surface area contributed by atoms with Crippen LogP contribution in [0.2, 0.25) is 26.3 Å². The van der Waals surface area contributed by atoms with Crippen molar-refractivity contribution in [3.63, 3.8) is 0 Å². The molecule has 0 aliphatic carbocycles. The number of allylic oxidation sites excluding steroid dienone is 1. The molecule has 0 aromatic rings. The summed E-state index contributed by atoms with van der Waals surface area (Å²) < 4.78 is 0. The first-order chi connectivity index (χ1) is 6.33. The van der Waals surface area contributed by atoms with Crippen LogP contribution in [0.1, 0.15) is 39.5 Å². The maximum absolute atomic E-state index is 4.07. The molecule has 0 saturated carbocycles. The summed E-state index contributed by atoms with van der Waals surface area (Å²) in [6.07, 6.45) is 8.34. The molecule has 0 amide bonds. The molecule has 1 heterocycles. The van der Waals surface area contributed by atoms with Crippen molar-refractivity contribution in [2.45, 2.75) is 65.8 Å². The Bertz CT molecular complexity index is 217. The van der Waals surface area contributed by atoms with Crippen LogP contribution in [0.15, 0.2) is 12.2 Å². The lowest BCUT2D eigenvalue weighted by atomic mass is 9.24. The van der Waals surface area contributed by atoms with Crippen molar-refractivity contribution in [3.8, 4) is 0 Å². The minimum absolute atomic E-state index is 0.0477. The van der Waals surface area contributed by atoms with E-state index < -0.39 is 0 Å². The largest absolute Gasteiger partial charge is 0.190 e. The summed E-state index contributed by atoms with van der Waals surface area (Å²) in [4.78, 5) is 0. The van der Waals surface area contributed by atoms with Crippen LogP contribution in [0.4, 0.5) is 0 Å². The highest BCUT2D eigenvalue weighted by molar-refractivity contribution is 6.77. The van der Waals surface area contributed by atoms with E-state index in [4.69, 9.17) is 0 Å². The van der Waals surface area contributed by atoms with Gasteiger partial charge in [-0.3, -0.25) is 0 Å². The van der Waals surface area contributed by atoms with Gasteiger partial charge in [-0.1, -0.05) is 31.8 Å². The molecule has 0 N–H and O–H groups in total. The lowest BCUT2D eigenvalue weighted by molar-refractivity contribution is 0.284.